The molecule has 2 unspecified atom stereocenters. The van der Waals surface area contributed by atoms with Crippen LogP contribution in [-0.2, 0) is 4.79 Å². The van der Waals surface area contributed by atoms with Crippen LogP contribution >= 0.6 is 0 Å². The van der Waals surface area contributed by atoms with Crippen molar-refractivity contribution in [1.29, 1.82) is 0 Å². The van der Waals surface area contributed by atoms with Gasteiger partial charge in [-0.25, -0.2) is 0 Å². The maximum atomic E-state index is 12.5. The van der Waals surface area contributed by atoms with E-state index in [2.05, 4.69) is 36.5 Å². The van der Waals surface area contributed by atoms with Crippen LogP contribution in [0.1, 0.15) is 49.8 Å². The van der Waals surface area contributed by atoms with Crippen molar-refractivity contribution in [3.05, 3.63) is 35.4 Å². The Bertz CT molecular complexity index is 486. The van der Waals surface area contributed by atoms with Gasteiger partial charge in [0.2, 0.25) is 5.91 Å². The highest BCUT2D eigenvalue weighted by molar-refractivity contribution is 5.81. The molecule has 1 amide bonds. The molecule has 1 heterocycles. The first kappa shape index (κ1) is 14.6. The molecule has 3 heteroatoms. The third-order valence-electron chi connectivity index (χ3n) is 4.75. The van der Waals surface area contributed by atoms with Gasteiger partial charge >= 0.3 is 0 Å². The van der Waals surface area contributed by atoms with Crippen LogP contribution in [0.2, 0.25) is 0 Å². The summed E-state index contributed by atoms with van der Waals surface area (Å²) in [6, 6.07) is 8.98. The lowest BCUT2D eigenvalue weighted by Crippen LogP contribution is -2.45. The van der Waals surface area contributed by atoms with Crippen molar-refractivity contribution in [3.8, 4) is 0 Å². The average molecular weight is 286 g/mol. The first-order valence-corrected chi connectivity index (χ1v) is 8.26. The molecule has 21 heavy (non-hydrogen) atoms. The summed E-state index contributed by atoms with van der Waals surface area (Å²) in [5.41, 5.74) is 2.61. The van der Waals surface area contributed by atoms with Crippen LogP contribution in [0.4, 0.5) is 0 Å². The van der Waals surface area contributed by atoms with E-state index in [4.69, 9.17) is 0 Å². The highest BCUT2D eigenvalue weighted by atomic mass is 16.2. The molecule has 0 aromatic heterocycles. The quantitative estimate of drug-likeness (QED) is 0.902. The smallest absolute Gasteiger partial charge is 0.239 e. The molecule has 3 rings (SSSR count). The lowest BCUT2D eigenvalue weighted by molar-refractivity contribution is -0.132. The lowest BCUT2D eigenvalue weighted by Gasteiger charge is -2.26. The van der Waals surface area contributed by atoms with E-state index in [0.29, 0.717) is 12.0 Å². The Hall–Kier alpha value is -1.35. The second-order valence-electron chi connectivity index (χ2n) is 6.65. The molecule has 1 N–H and O–H groups in total. The fraction of sp³-hybridized carbons (Fsp3) is 0.611. The molecule has 0 spiro atoms. The van der Waals surface area contributed by atoms with Gasteiger partial charge in [-0.2, -0.15) is 0 Å². The van der Waals surface area contributed by atoms with Crippen LogP contribution in [0.15, 0.2) is 24.3 Å². The number of likely N-dealkylation sites (tertiary alicyclic amines) is 1. The lowest BCUT2D eigenvalue weighted by atomic mass is 10.00. The molecular formula is C18H26N2O. The van der Waals surface area contributed by atoms with Gasteiger partial charge in [-0.15, -0.1) is 0 Å². The summed E-state index contributed by atoms with van der Waals surface area (Å²) in [5, 5.41) is 3.60. The van der Waals surface area contributed by atoms with Gasteiger partial charge in [0, 0.05) is 19.1 Å². The van der Waals surface area contributed by atoms with Crippen LogP contribution in [0.25, 0.3) is 0 Å². The van der Waals surface area contributed by atoms with E-state index >= 15 is 0 Å². The Labute approximate surface area is 127 Å². The zero-order valence-corrected chi connectivity index (χ0v) is 13.1. The molecule has 1 aliphatic carbocycles. The molecule has 1 saturated carbocycles. The number of hydrogen-bond acceptors (Lipinski definition) is 2. The minimum absolute atomic E-state index is 0.0880. The minimum atomic E-state index is -0.0880. The highest BCUT2D eigenvalue weighted by Gasteiger charge is 2.35. The average Bonchev–Trinajstić information content (AvgIpc) is 3.18. The van der Waals surface area contributed by atoms with Crippen molar-refractivity contribution in [2.24, 2.45) is 5.92 Å². The Morgan fingerprint density at radius 2 is 1.81 bits per heavy atom. The zero-order valence-electron chi connectivity index (χ0n) is 13.1. The first-order chi connectivity index (χ1) is 10.1. The monoisotopic (exact) mass is 286 g/mol. The van der Waals surface area contributed by atoms with Crippen molar-refractivity contribution in [1.82, 2.24) is 10.2 Å². The summed E-state index contributed by atoms with van der Waals surface area (Å²) in [6.45, 7) is 6.00. The highest BCUT2D eigenvalue weighted by Crippen LogP contribution is 2.41. The van der Waals surface area contributed by atoms with Gasteiger partial charge in [0.15, 0.2) is 0 Å². The zero-order chi connectivity index (χ0) is 14.8. The third-order valence-corrected chi connectivity index (χ3v) is 4.75. The molecule has 2 atom stereocenters. The summed E-state index contributed by atoms with van der Waals surface area (Å²) in [6.07, 6.45) is 4.86. The van der Waals surface area contributed by atoms with Crippen LogP contribution < -0.4 is 5.32 Å². The topological polar surface area (TPSA) is 32.3 Å². The predicted octanol–water partition coefficient (Wildman–Crippen LogP) is 3.05. The molecule has 0 radical (unpaired) electrons. The van der Waals surface area contributed by atoms with Crippen molar-refractivity contribution in [2.75, 3.05) is 13.1 Å². The van der Waals surface area contributed by atoms with E-state index in [9.17, 15) is 4.79 Å². The van der Waals surface area contributed by atoms with E-state index < -0.39 is 0 Å². The molecule has 2 fully saturated rings. The predicted molar refractivity (Wildman–Crippen MR) is 85.1 cm³/mol. The molecule has 1 aromatic carbocycles. The fourth-order valence-electron chi connectivity index (χ4n) is 3.26. The third kappa shape index (κ3) is 3.46. The van der Waals surface area contributed by atoms with Gasteiger partial charge in [-0.3, -0.25) is 10.1 Å². The number of benzene rings is 1. The first-order valence-electron chi connectivity index (χ1n) is 8.26. The molecule has 1 aromatic rings. The van der Waals surface area contributed by atoms with E-state index in [1.54, 1.807) is 0 Å². The van der Waals surface area contributed by atoms with Crippen molar-refractivity contribution >= 4 is 5.91 Å². The van der Waals surface area contributed by atoms with Gasteiger partial charge in [-0.1, -0.05) is 29.8 Å². The van der Waals surface area contributed by atoms with Gasteiger partial charge in [-0.05, 0) is 51.0 Å². The van der Waals surface area contributed by atoms with E-state index in [1.165, 1.54) is 24.0 Å². The molecule has 1 saturated heterocycles. The number of rotatable bonds is 5. The van der Waals surface area contributed by atoms with Gasteiger partial charge in [0.25, 0.3) is 0 Å². The van der Waals surface area contributed by atoms with Crippen molar-refractivity contribution in [3.63, 3.8) is 0 Å². The number of hydrogen-bond donors (Lipinski definition) is 1. The molecule has 1 aliphatic heterocycles. The Kier molecular flexibility index (Phi) is 4.29. The maximum Gasteiger partial charge on any atom is 0.239 e. The second kappa shape index (κ2) is 6.18. The summed E-state index contributed by atoms with van der Waals surface area (Å²) in [5.74, 6) is 0.965. The maximum absolute atomic E-state index is 12.5. The Morgan fingerprint density at radius 3 is 2.38 bits per heavy atom. The van der Waals surface area contributed by atoms with Gasteiger partial charge in [0.05, 0.1) is 6.04 Å². The molecule has 3 nitrogen and oxygen atoms in total. The van der Waals surface area contributed by atoms with Crippen LogP contribution in [-0.4, -0.2) is 29.9 Å². The molecule has 0 bridgehead atoms. The molecule has 2 aliphatic rings. The normalized spacial score (nSPS) is 21.3. The standard InChI is InChI=1S/C18H26N2O/c1-13-5-7-15(8-6-13)17(16-9-10-16)19-14(2)18(21)20-11-3-4-12-20/h5-8,14,16-17,19H,3-4,9-12H2,1-2H3. The van der Waals surface area contributed by atoms with Crippen molar-refractivity contribution < 1.29 is 4.79 Å². The summed E-state index contributed by atoms with van der Waals surface area (Å²) >= 11 is 0. The molecular weight excluding hydrogens is 260 g/mol. The van der Waals surface area contributed by atoms with E-state index in [1.807, 2.05) is 11.8 Å². The van der Waals surface area contributed by atoms with Crippen LogP contribution in [0.3, 0.4) is 0 Å². The Balaban J connectivity index is 1.67. The number of amides is 1. The van der Waals surface area contributed by atoms with E-state index in [0.717, 1.165) is 25.9 Å². The Morgan fingerprint density at radius 1 is 1.19 bits per heavy atom. The van der Waals surface area contributed by atoms with Gasteiger partial charge < -0.3 is 4.90 Å². The SMILES string of the molecule is Cc1ccc(C(NC(C)C(=O)N2CCCC2)C2CC2)cc1. The summed E-state index contributed by atoms with van der Waals surface area (Å²) < 4.78 is 0. The summed E-state index contributed by atoms with van der Waals surface area (Å²) in [7, 11) is 0. The van der Waals surface area contributed by atoms with Crippen molar-refractivity contribution in [2.45, 2.75) is 51.6 Å². The number of aryl methyl sites for hydroxylation is 1. The number of carbonyl (C=O) groups is 1. The second-order valence-corrected chi connectivity index (χ2v) is 6.65. The van der Waals surface area contributed by atoms with Gasteiger partial charge in [0.1, 0.15) is 0 Å². The summed E-state index contributed by atoms with van der Waals surface area (Å²) in [4.78, 5) is 14.5. The van der Waals surface area contributed by atoms with E-state index in [-0.39, 0.29) is 11.9 Å². The number of carbonyl (C=O) groups excluding carboxylic acids is 1. The minimum Gasteiger partial charge on any atom is -0.341 e. The fourth-order valence-corrected chi connectivity index (χ4v) is 3.26. The van der Waals surface area contributed by atoms with Crippen LogP contribution in [0, 0.1) is 12.8 Å². The largest absolute Gasteiger partial charge is 0.341 e. The van der Waals surface area contributed by atoms with Crippen LogP contribution in [0.5, 0.6) is 0 Å². The number of nitrogens with zero attached hydrogens (tertiary/aromatic N) is 1. The number of nitrogens with one attached hydrogen (secondary N) is 1. The molecule has 114 valence electrons.